The predicted molar refractivity (Wildman–Crippen MR) is 71.6 cm³/mol. The Bertz CT molecular complexity index is 400. The van der Waals surface area contributed by atoms with Gasteiger partial charge in [-0.1, -0.05) is 0 Å². The summed E-state index contributed by atoms with van der Waals surface area (Å²) in [4.78, 5) is 16.2. The molecule has 2 rings (SSSR count). The summed E-state index contributed by atoms with van der Waals surface area (Å²) in [6.45, 7) is 7.57. The lowest BCUT2D eigenvalue weighted by molar-refractivity contribution is 0.0921. The van der Waals surface area contributed by atoms with Crippen LogP contribution in [0.25, 0.3) is 0 Å². The van der Waals surface area contributed by atoms with E-state index in [-0.39, 0.29) is 7.33 Å². The third-order valence-corrected chi connectivity index (χ3v) is 3.20. The highest BCUT2D eigenvalue weighted by Gasteiger charge is 2.16. The molecule has 2 heterocycles. The van der Waals surface area contributed by atoms with E-state index in [0.717, 1.165) is 38.5 Å². The number of likely N-dealkylation sites (N-methyl/N-ethyl adjacent to an activating group) is 1. The van der Waals surface area contributed by atoms with Gasteiger partial charge in [0.25, 0.3) is 5.91 Å². The topological polar surface area (TPSA) is 48.7 Å². The van der Waals surface area contributed by atoms with E-state index in [0.29, 0.717) is 12.3 Å². The maximum Gasteiger partial charge on any atom is 0.286 e. The molecule has 0 saturated carbocycles. The minimum atomic E-state index is -0.137. The Kier molecular flexibility index (Phi) is 4.38. The molecule has 1 aromatic rings. The van der Waals surface area contributed by atoms with Gasteiger partial charge in [-0.3, -0.25) is 9.69 Å². The number of rotatable bonds is 4. The van der Waals surface area contributed by atoms with Crippen LogP contribution in [0.3, 0.4) is 0 Å². The summed E-state index contributed by atoms with van der Waals surface area (Å²) in [5, 5.41) is 2.73. The Balaban J connectivity index is 0.00000180. The molecular formula is C13H23N3O2. The van der Waals surface area contributed by atoms with E-state index in [9.17, 15) is 4.79 Å². The van der Waals surface area contributed by atoms with Crippen molar-refractivity contribution in [2.75, 3.05) is 39.8 Å². The van der Waals surface area contributed by atoms with Crippen LogP contribution in [0.4, 0.5) is 0 Å². The molecule has 0 bridgehead atoms. The molecule has 5 heteroatoms. The molecule has 1 amide bonds. The summed E-state index contributed by atoms with van der Waals surface area (Å²) in [5.41, 5.74) is 0. The Morgan fingerprint density at radius 3 is 2.78 bits per heavy atom. The highest BCUT2D eigenvalue weighted by atomic mass is 16.4. The summed E-state index contributed by atoms with van der Waals surface area (Å²) in [6.07, 6.45) is 0. The second-order valence-electron chi connectivity index (χ2n) is 4.70. The van der Waals surface area contributed by atoms with Crippen molar-refractivity contribution >= 4 is 5.91 Å². The van der Waals surface area contributed by atoms with E-state index in [1.54, 1.807) is 6.07 Å². The molecule has 1 saturated heterocycles. The van der Waals surface area contributed by atoms with Gasteiger partial charge in [-0.2, -0.15) is 0 Å². The SMILES string of the molecule is CCNC(=O)c1ccc(CN2CCN(C)CC2)o1.[HH]. The molecule has 0 atom stereocenters. The molecule has 1 aliphatic rings. The first-order valence-electron chi connectivity index (χ1n) is 6.47. The van der Waals surface area contributed by atoms with E-state index in [4.69, 9.17) is 4.42 Å². The van der Waals surface area contributed by atoms with Crippen molar-refractivity contribution in [1.82, 2.24) is 15.1 Å². The van der Waals surface area contributed by atoms with Crippen LogP contribution in [0.5, 0.6) is 0 Å². The molecule has 1 fully saturated rings. The summed E-state index contributed by atoms with van der Waals surface area (Å²) < 4.78 is 5.56. The molecule has 0 radical (unpaired) electrons. The van der Waals surface area contributed by atoms with Crippen LogP contribution in [0.15, 0.2) is 16.5 Å². The Hall–Kier alpha value is -1.33. The van der Waals surface area contributed by atoms with Crippen LogP contribution in [-0.2, 0) is 6.54 Å². The zero-order valence-electron chi connectivity index (χ0n) is 11.1. The maximum absolute atomic E-state index is 11.6. The molecule has 18 heavy (non-hydrogen) atoms. The van der Waals surface area contributed by atoms with Crippen molar-refractivity contribution in [3.8, 4) is 0 Å². The summed E-state index contributed by atoms with van der Waals surface area (Å²) in [7, 11) is 2.14. The van der Waals surface area contributed by atoms with Gasteiger partial charge < -0.3 is 14.6 Å². The second-order valence-corrected chi connectivity index (χ2v) is 4.70. The number of piperazine rings is 1. The quantitative estimate of drug-likeness (QED) is 0.870. The monoisotopic (exact) mass is 253 g/mol. The average Bonchev–Trinajstić information content (AvgIpc) is 2.81. The van der Waals surface area contributed by atoms with Crippen molar-refractivity contribution in [3.05, 3.63) is 23.7 Å². The van der Waals surface area contributed by atoms with E-state index in [1.165, 1.54) is 0 Å². The summed E-state index contributed by atoms with van der Waals surface area (Å²) in [5.74, 6) is 1.13. The van der Waals surface area contributed by atoms with Gasteiger partial charge in [0.05, 0.1) is 6.54 Å². The van der Waals surface area contributed by atoms with Gasteiger partial charge in [0.2, 0.25) is 0 Å². The summed E-state index contributed by atoms with van der Waals surface area (Å²) in [6, 6.07) is 3.64. The van der Waals surface area contributed by atoms with Crippen molar-refractivity contribution in [1.29, 1.82) is 0 Å². The van der Waals surface area contributed by atoms with Crippen LogP contribution in [0.2, 0.25) is 0 Å². The fourth-order valence-electron chi connectivity index (χ4n) is 2.06. The number of furan rings is 1. The molecule has 1 aliphatic heterocycles. The number of carbonyl (C=O) groups excluding carboxylic acids is 1. The van der Waals surface area contributed by atoms with Gasteiger partial charge in [0.1, 0.15) is 5.76 Å². The van der Waals surface area contributed by atoms with Gasteiger partial charge in [-0.05, 0) is 26.1 Å². The first-order valence-corrected chi connectivity index (χ1v) is 6.47. The molecule has 0 aromatic carbocycles. The van der Waals surface area contributed by atoms with Crippen LogP contribution in [0, 0.1) is 0 Å². The number of hydrogen-bond donors (Lipinski definition) is 1. The van der Waals surface area contributed by atoms with Crippen molar-refractivity contribution in [2.24, 2.45) is 0 Å². The van der Waals surface area contributed by atoms with E-state index >= 15 is 0 Å². The first-order chi connectivity index (χ1) is 8.69. The van der Waals surface area contributed by atoms with E-state index in [1.807, 2.05) is 13.0 Å². The van der Waals surface area contributed by atoms with Gasteiger partial charge >= 0.3 is 0 Å². The molecule has 0 unspecified atom stereocenters. The highest BCUT2D eigenvalue weighted by Crippen LogP contribution is 2.12. The lowest BCUT2D eigenvalue weighted by Gasteiger charge is -2.31. The van der Waals surface area contributed by atoms with E-state index < -0.39 is 0 Å². The first kappa shape index (κ1) is 13.1. The molecule has 0 aliphatic carbocycles. The molecule has 5 nitrogen and oxygen atoms in total. The third kappa shape index (κ3) is 3.34. The fraction of sp³-hybridized carbons (Fsp3) is 0.615. The lowest BCUT2D eigenvalue weighted by Crippen LogP contribution is -2.43. The van der Waals surface area contributed by atoms with E-state index in [2.05, 4.69) is 22.2 Å². The number of carbonyl (C=O) groups is 1. The largest absolute Gasteiger partial charge is 0.455 e. The Morgan fingerprint density at radius 1 is 1.39 bits per heavy atom. The predicted octanol–water partition coefficient (Wildman–Crippen LogP) is 1.02. The van der Waals surface area contributed by atoms with Crippen LogP contribution >= 0.6 is 0 Å². The normalized spacial score (nSPS) is 17.9. The second kappa shape index (κ2) is 6.02. The maximum atomic E-state index is 11.6. The zero-order chi connectivity index (χ0) is 13.0. The molecule has 0 spiro atoms. The Labute approximate surface area is 109 Å². The van der Waals surface area contributed by atoms with Gasteiger partial charge in [-0.25, -0.2) is 0 Å². The molecule has 1 N–H and O–H groups in total. The van der Waals surface area contributed by atoms with Crippen molar-refractivity contribution < 1.29 is 10.6 Å². The minimum Gasteiger partial charge on any atom is -0.455 e. The number of amides is 1. The van der Waals surface area contributed by atoms with Gasteiger partial charge in [0, 0.05) is 34.2 Å². The molecule has 1 aromatic heterocycles. The number of nitrogens with one attached hydrogen (secondary N) is 1. The third-order valence-electron chi connectivity index (χ3n) is 3.20. The smallest absolute Gasteiger partial charge is 0.286 e. The zero-order valence-corrected chi connectivity index (χ0v) is 11.1. The van der Waals surface area contributed by atoms with Gasteiger partial charge in [-0.15, -0.1) is 0 Å². The standard InChI is InChI=1S/C13H21N3O2.H2/c1-3-14-13(17)12-5-4-11(18-12)10-16-8-6-15(2)7-9-16;/h4-5H,3,6-10H2,1-2H3,(H,14,17);1H. The number of hydrogen-bond acceptors (Lipinski definition) is 4. The molecular weight excluding hydrogens is 230 g/mol. The van der Waals surface area contributed by atoms with Crippen LogP contribution < -0.4 is 5.32 Å². The minimum absolute atomic E-state index is 0. The lowest BCUT2D eigenvalue weighted by atomic mass is 10.3. The van der Waals surface area contributed by atoms with Gasteiger partial charge in [0.15, 0.2) is 5.76 Å². The Morgan fingerprint density at radius 2 is 2.11 bits per heavy atom. The molecule has 102 valence electrons. The number of nitrogens with zero attached hydrogens (tertiary/aromatic N) is 2. The highest BCUT2D eigenvalue weighted by molar-refractivity contribution is 5.91. The van der Waals surface area contributed by atoms with Crippen LogP contribution in [-0.4, -0.2) is 55.5 Å². The van der Waals surface area contributed by atoms with Crippen LogP contribution in [0.1, 0.15) is 24.7 Å². The average molecular weight is 253 g/mol. The van der Waals surface area contributed by atoms with Crippen molar-refractivity contribution in [2.45, 2.75) is 13.5 Å². The fourth-order valence-corrected chi connectivity index (χ4v) is 2.06. The summed E-state index contributed by atoms with van der Waals surface area (Å²) >= 11 is 0. The van der Waals surface area contributed by atoms with Crippen molar-refractivity contribution in [3.63, 3.8) is 0 Å².